The summed E-state index contributed by atoms with van der Waals surface area (Å²) >= 11 is 0. The van der Waals surface area contributed by atoms with E-state index < -0.39 is 34.0 Å². The van der Waals surface area contributed by atoms with E-state index in [-0.39, 0.29) is 28.3 Å². The van der Waals surface area contributed by atoms with Crippen molar-refractivity contribution in [2.45, 2.75) is 25.6 Å². The zero-order valence-corrected chi connectivity index (χ0v) is 17.3. The van der Waals surface area contributed by atoms with Crippen LogP contribution in [0, 0.1) is 0 Å². The molecule has 3 aromatic rings. The van der Waals surface area contributed by atoms with Gasteiger partial charge in [0.25, 0.3) is 5.88 Å². The van der Waals surface area contributed by atoms with Gasteiger partial charge in [-0.25, -0.2) is 28.4 Å². The SMILES string of the molecule is CCCS(=O)(=O)Nc1nc2ccccc2nc1OC(c1cnc(NC)nc1)C(F)(F)F. The van der Waals surface area contributed by atoms with Crippen LogP contribution in [0.5, 0.6) is 5.88 Å². The van der Waals surface area contributed by atoms with E-state index in [1.54, 1.807) is 25.1 Å². The molecule has 3 rings (SSSR count). The third kappa shape index (κ3) is 5.48. The molecule has 1 atom stereocenters. The Kier molecular flexibility index (Phi) is 6.43. The fourth-order valence-electron chi connectivity index (χ4n) is 2.64. The predicted octanol–water partition coefficient (Wildman–Crippen LogP) is 3.30. The van der Waals surface area contributed by atoms with E-state index >= 15 is 0 Å². The largest absolute Gasteiger partial charge is 0.457 e. The highest BCUT2D eigenvalue weighted by Crippen LogP contribution is 2.38. The van der Waals surface area contributed by atoms with Crippen LogP contribution in [-0.4, -0.2) is 47.3 Å². The van der Waals surface area contributed by atoms with Crippen LogP contribution in [-0.2, 0) is 10.0 Å². The number of nitrogens with one attached hydrogen (secondary N) is 2. The molecular formula is C18H19F3N6O3S. The molecule has 0 spiro atoms. The molecule has 31 heavy (non-hydrogen) atoms. The summed E-state index contributed by atoms with van der Waals surface area (Å²) in [6.07, 6.45) is -5.13. The first kappa shape index (κ1) is 22.5. The number of rotatable bonds is 8. The second-order valence-electron chi connectivity index (χ2n) is 6.42. The van der Waals surface area contributed by atoms with Gasteiger partial charge >= 0.3 is 6.18 Å². The van der Waals surface area contributed by atoms with Crippen LogP contribution in [0.3, 0.4) is 0 Å². The van der Waals surface area contributed by atoms with Crippen LogP contribution < -0.4 is 14.8 Å². The zero-order valence-electron chi connectivity index (χ0n) is 16.5. The molecule has 166 valence electrons. The number of alkyl halides is 3. The lowest BCUT2D eigenvalue weighted by Gasteiger charge is -2.22. The lowest BCUT2D eigenvalue weighted by atomic mass is 10.2. The van der Waals surface area contributed by atoms with Crippen molar-refractivity contribution >= 4 is 32.8 Å². The first-order chi connectivity index (χ1) is 14.6. The molecule has 0 aliphatic rings. The normalized spacial score (nSPS) is 13.1. The average molecular weight is 456 g/mol. The summed E-state index contributed by atoms with van der Waals surface area (Å²) in [5.74, 6) is -1.17. The van der Waals surface area contributed by atoms with E-state index in [9.17, 15) is 21.6 Å². The number of nitrogens with zero attached hydrogens (tertiary/aromatic N) is 4. The van der Waals surface area contributed by atoms with Gasteiger partial charge in [0.2, 0.25) is 27.9 Å². The molecule has 13 heteroatoms. The maximum atomic E-state index is 13.8. The molecule has 9 nitrogen and oxygen atoms in total. The predicted molar refractivity (Wildman–Crippen MR) is 108 cm³/mol. The standard InChI is InChI=1S/C18H19F3N6O3S/c1-3-8-31(28,29)27-15-16(26-13-7-5-4-6-12(13)25-15)30-14(18(19,20)21)11-9-23-17(22-2)24-10-11/h4-7,9-10,14H,3,8H2,1-2H3,(H,25,27)(H,22,23,24). The maximum absolute atomic E-state index is 13.8. The molecule has 0 fully saturated rings. The van der Waals surface area contributed by atoms with Crippen LogP contribution >= 0.6 is 0 Å². The summed E-state index contributed by atoms with van der Waals surface area (Å²) in [6.45, 7) is 1.65. The number of ether oxygens (including phenoxy) is 1. The first-order valence-corrected chi connectivity index (χ1v) is 10.8. The maximum Gasteiger partial charge on any atom is 0.429 e. The third-order valence-corrected chi connectivity index (χ3v) is 5.44. The molecule has 0 amide bonds. The van der Waals surface area contributed by atoms with E-state index in [2.05, 4.69) is 30.0 Å². The summed E-state index contributed by atoms with van der Waals surface area (Å²) < 4.78 is 73.2. The fourth-order valence-corrected chi connectivity index (χ4v) is 3.70. The van der Waals surface area contributed by atoms with Crippen molar-refractivity contribution in [3.8, 4) is 5.88 Å². The van der Waals surface area contributed by atoms with Crippen molar-refractivity contribution in [3.63, 3.8) is 0 Å². The van der Waals surface area contributed by atoms with Gasteiger partial charge in [0.1, 0.15) is 0 Å². The van der Waals surface area contributed by atoms with Gasteiger partial charge in [0.05, 0.1) is 16.8 Å². The van der Waals surface area contributed by atoms with E-state index in [4.69, 9.17) is 4.74 Å². The van der Waals surface area contributed by atoms with Crippen molar-refractivity contribution in [1.29, 1.82) is 0 Å². The molecule has 1 unspecified atom stereocenters. The van der Waals surface area contributed by atoms with Crippen LogP contribution in [0.4, 0.5) is 24.9 Å². The highest BCUT2D eigenvalue weighted by Gasteiger charge is 2.44. The van der Waals surface area contributed by atoms with Gasteiger partial charge in [-0.2, -0.15) is 13.2 Å². The molecule has 0 saturated heterocycles. The molecular weight excluding hydrogens is 437 g/mol. The monoisotopic (exact) mass is 456 g/mol. The minimum Gasteiger partial charge on any atom is -0.457 e. The Bertz CT molecular complexity index is 1160. The molecule has 0 aliphatic carbocycles. The Hall–Kier alpha value is -3.22. The number of anilines is 2. The van der Waals surface area contributed by atoms with Gasteiger partial charge in [0.15, 0.2) is 0 Å². The number of hydrogen-bond acceptors (Lipinski definition) is 8. The summed E-state index contributed by atoms with van der Waals surface area (Å²) in [5.41, 5.74) is 0.136. The van der Waals surface area contributed by atoms with Gasteiger partial charge in [0, 0.05) is 25.0 Å². The molecule has 2 heterocycles. The average Bonchev–Trinajstić information content (AvgIpc) is 2.71. The molecule has 0 aliphatic heterocycles. The van der Waals surface area contributed by atoms with Gasteiger partial charge in [-0.3, -0.25) is 4.72 Å². The Morgan fingerprint density at radius 2 is 1.71 bits per heavy atom. The van der Waals surface area contributed by atoms with Gasteiger partial charge in [-0.05, 0) is 18.6 Å². The summed E-state index contributed by atoms with van der Waals surface area (Å²) in [4.78, 5) is 15.7. The molecule has 0 saturated carbocycles. The first-order valence-electron chi connectivity index (χ1n) is 9.13. The van der Waals surface area contributed by atoms with Gasteiger partial charge < -0.3 is 10.1 Å². The van der Waals surface area contributed by atoms with Gasteiger partial charge in [-0.15, -0.1) is 0 Å². The van der Waals surface area contributed by atoms with E-state index in [0.717, 1.165) is 12.4 Å². The van der Waals surface area contributed by atoms with Crippen molar-refractivity contribution < 1.29 is 26.3 Å². The third-order valence-electron chi connectivity index (χ3n) is 3.99. The van der Waals surface area contributed by atoms with Crippen molar-refractivity contribution in [2.75, 3.05) is 22.8 Å². The van der Waals surface area contributed by atoms with Crippen molar-refractivity contribution in [3.05, 3.63) is 42.2 Å². The van der Waals surface area contributed by atoms with Crippen LogP contribution in [0.15, 0.2) is 36.7 Å². The van der Waals surface area contributed by atoms with E-state index in [0.29, 0.717) is 6.42 Å². The zero-order chi connectivity index (χ0) is 22.6. The highest BCUT2D eigenvalue weighted by molar-refractivity contribution is 7.92. The molecule has 0 radical (unpaired) electrons. The Labute approximate surface area is 176 Å². The molecule has 0 bridgehead atoms. The number of aromatic nitrogens is 4. The number of para-hydroxylation sites is 2. The molecule has 2 aromatic heterocycles. The fraction of sp³-hybridized carbons (Fsp3) is 0.333. The lowest BCUT2D eigenvalue weighted by molar-refractivity contribution is -0.198. The Balaban J connectivity index is 2.07. The quantitative estimate of drug-likeness (QED) is 0.530. The van der Waals surface area contributed by atoms with Crippen LogP contribution in [0.1, 0.15) is 25.0 Å². The molecule has 2 N–H and O–H groups in total. The second kappa shape index (κ2) is 8.88. The topological polar surface area (TPSA) is 119 Å². The Morgan fingerprint density at radius 1 is 1.10 bits per heavy atom. The summed E-state index contributed by atoms with van der Waals surface area (Å²) in [6, 6.07) is 6.33. The Morgan fingerprint density at radius 3 is 2.26 bits per heavy atom. The number of fused-ring (bicyclic) bond motifs is 1. The minimum absolute atomic E-state index is 0.128. The number of benzene rings is 1. The highest BCUT2D eigenvalue weighted by atomic mass is 32.2. The number of hydrogen-bond donors (Lipinski definition) is 2. The van der Waals surface area contributed by atoms with Crippen LogP contribution in [0.2, 0.25) is 0 Å². The van der Waals surface area contributed by atoms with Crippen LogP contribution in [0.25, 0.3) is 11.0 Å². The van der Waals surface area contributed by atoms with Gasteiger partial charge in [-0.1, -0.05) is 19.1 Å². The second-order valence-corrected chi connectivity index (χ2v) is 8.26. The van der Waals surface area contributed by atoms with Crippen molar-refractivity contribution in [2.24, 2.45) is 0 Å². The summed E-state index contributed by atoms with van der Waals surface area (Å²) in [7, 11) is -2.35. The lowest BCUT2D eigenvalue weighted by Crippen LogP contribution is -2.28. The van der Waals surface area contributed by atoms with Crippen molar-refractivity contribution in [1.82, 2.24) is 19.9 Å². The smallest absolute Gasteiger partial charge is 0.429 e. The summed E-state index contributed by atoms with van der Waals surface area (Å²) in [5, 5.41) is 2.61. The number of halogens is 3. The number of sulfonamides is 1. The minimum atomic E-state index is -4.86. The van der Waals surface area contributed by atoms with E-state index in [1.807, 2.05) is 0 Å². The molecule has 1 aromatic carbocycles. The van der Waals surface area contributed by atoms with E-state index in [1.165, 1.54) is 13.1 Å².